The maximum Gasteiger partial charge on any atom is 0.218 e. The van der Waals surface area contributed by atoms with Gasteiger partial charge < -0.3 is 15.4 Å². The molecule has 2 unspecified atom stereocenters. The number of anilines is 1. The third-order valence-electron chi connectivity index (χ3n) is 3.86. The summed E-state index contributed by atoms with van der Waals surface area (Å²) in [5.41, 5.74) is 5.85. The first-order chi connectivity index (χ1) is 9.26. The molecule has 19 heavy (non-hydrogen) atoms. The van der Waals surface area contributed by atoms with Gasteiger partial charge in [-0.3, -0.25) is 0 Å². The fraction of sp³-hybridized carbons (Fsp3) is 0.714. The maximum atomic E-state index is 5.85. The van der Waals surface area contributed by atoms with E-state index in [-0.39, 0.29) is 0 Å². The Balaban J connectivity index is 2.07. The van der Waals surface area contributed by atoms with Crippen LogP contribution in [0.5, 0.6) is 5.88 Å². The predicted octanol–water partition coefficient (Wildman–Crippen LogP) is 1.83. The van der Waals surface area contributed by atoms with E-state index in [1.807, 2.05) is 6.07 Å². The van der Waals surface area contributed by atoms with Gasteiger partial charge in [0, 0.05) is 19.2 Å². The summed E-state index contributed by atoms with van der Waals surface area (Å²) < 4.78 is 5.56. The van der Waals surface area contributed by atoms with Crippen molar-refractivity contribution < 1.29 is 4.74 Å². The standard InChI is InChI=1S/C14H24N4O/c1-3-7-19-14-8-13(16-10-17-14)18(2)12-6-4-5-11(12)9-15/h8,10-12H,3-7,9,15H2,1-2H3. The highest BCUT2D eigenvalue weighted by atomic mass is 16.5. The molecule has 0 bridgehead atoms. The summed E-state index contributed by atoms with van der Waals surface area (Å²) in [7, 11) is 2.09. The van der Waals surface area contributed by atoms with Crippen molar-refractivity contribution in [3.63, 3.8) is 0 Å². The van der Waals surface area contributed by atoms with Crippen molar-refractivity contribution in [3.8, 4) is 5.88 Å². The van der Waals surface area contributed by atoms with E-state index in [4.69, 9.17) is 10.5 Å². The van der Waals surface area contributed by atoms with Gasteiger partial charge in [-0.05, 0) is 31.7 Å². The molecule has 2 rings (SSSR count). The molecule has 1 aliphatic carbocycles. The average molecular weight is 264 g/mol. The van der Waals surface area contributed by atoms with Crippen LogP contribution in [0.4, 0.5) is 5.82 Å². The van der Waals surface area contributed by atoms with Crippen LogP contribution >= 0.6 is 0 Å². The predicted molar refractivity (Wildman–Crippen MR) is 76.4 cm³/mol. The number of hydrogen-bond donors (Lipinski definition) is 1. The summed E-state index contributed by atoms with van der Waals surface area (Å²) >= 11 is 0. The summed E-state index contributed by atoms with van der Waals surface area (Å²) in [5, 5.41) is 0. The summed E-state index contributed by atoms with van der Waals surface area (Å²) in [6, 6.07) is 2.40. The van der Waals surface area contributed by atoms with Gasteiger partial charge in [-0.15, -0.1) is 0 Å². The zero-order valence-corrected chi connectivity index (χ0v) is 11.9. The van der Waals surface area contributed by atoms with Crippen LogP contribution in [-0.4, -0.2) is 36.2 Å². The molecule has 0 radical (unpaired) electrons. The number of hydrogen-bond acceptors (Lipinski definition) is 5. The maximum absolute atomic E-state index is 5.85. The molecule has 1 heterocycles. The van der Waals surface area contributed by atoms with E-state index >= 15 is 0 Å². The summed E-state index contributed by atoms with van der Waals surface area (Å²) in [6.07, 6.45) is 6.21. The van der Waals surface area contributed by atoms with Gasteiger partial charge in [0.1, 0.15) is 12.1 Å². The van der Waals surface area contributed by atoms with Crippen molar-refractivity contribution in [1.29, 1.82) is 0 Å². The highest BCUT2D eigenvalue weighted by Crippen LogP contribution is 2.31. The Hall–Kier alpha value is -1.36. The molecule has 106 valence electrons. The zero-order valence-electron chi connectivity index (χ0n) is 11.9. The minimum Gasteiger partial charge on any atom is -0.478 e. The van der Waals surface area contributed by atoms with Crippen LogP contribution in [0, 0.1) is 5.92 Å². The lowest BCUT2D eigenvalue weighted by atomic mass is 10.0. The largest absolute Gasteiger partial charge is 0.478 e. The lowest BCUT2D eigenvalue weighted by molar-refractivity contribution is 0.304. The SMILES string of the molecule is CCCOc1cc(N(C)C2CCCC2CN)ncn1. The van der Waals surface area contributed by atoms with E-state index < -0.39 is 0 Å². The first-order valence-corrected chi connectivity index (χ1v) is 7.14. The smallest absolute Gasteiger partial charge is 0.218 e. The van der Waals surface area contributed by atoms with Crippen LogP contribution in [0.1, 0.15) is 32.6 Å². The Morgan fingerprint density at radius 3 is 3.00 bits per heavy atom. The van der Waals surface area contributed by atoms with Gasteiger partial charge in [0.05, 0.1) is 6.61 Å². The molecule has 1 aliphatic rings. The van der Waals surface area contributed by atoms with Crippen LogP contribution in [0.2, 0.25) is 0 Å². The molecule has 2 atom stereocenters. The van der Waals surface area contributed by atoms with Crippen molar-refractivity contribution in [1.82, 2.24) is 9.97 Å². The fourth-order valence-corrected chi connectivity index (χ4v) is 2.78. The molecule has 1 saturated carbocycles. The quantitative estimate of drug-likeness (QED) is 0.849. The number of nitrogens with two attached hydrogens (primary N) is 1. The molecule has 2 N–H and O–H groups in total. The second kappa shape index (κ2) is 6.70. The number of aromatic nitrogens is 2. The third-order valence-corrected chi connectivity index (χ3v) is 3.86. The van der Waals surface area contributed by atoms with Crippen molar-refractivity contribution in [2.45, 2.75) is 38.6 Å². The average Bonchev–Trinajstić information content (AvgIpc) is 2.93. The van der Waals surface area contributed by atoms with Gasteiger partial charge in [-0.2, -0.15) is 0 Å². The monoisotopic (exact) mass is 264 g/mol. The first kappa shape index (κ1) is 14.1. The van der Waals surface area contributed by atoms with Crippen molar-refractivity contribution >= 4 is 5.82 Å². The Kier molecular flexibility index (Phi) is 4.96. The Bertz CT molecular complexity index is 399. The lowest BCUT2D eigenvalue weighted by Crippen LogP contribution is -2.38. The van der Waals surface area contributed by atoms with Gasteiger partial charge in [0.2, 0.25) is 5.88 Å². The van der Waals surface area contributed by atoms with Gasteiger partial charge >= 0.3 is 0 Å². The zero-order chi connectivity index (χ0) is 13.7. The van der Waals surface area contributed by atoms with Gasteiger partial charge in [-0.1, -0.05) is 13.3 Å². The molecular formula is C14H24N4O. The molecule has 5 heteroatoms. The minimum absolute atomic E-state index is 0.485. The van der Waals surface area contributed by atoms with Crippen LogP contribution < -0.4 is 15.4 Å². The van der Waals surface area contributed by atoms with Gasteiger partial charge in [-0.25, -0.2) is 9.97 Å². The van der Waals surface area contributed by atoms with Crippen LogP contribution in [0.15, 0.2) is 12.4 Å². The van der Waals surface area contributed by atoms with E-state index in [0.29, 0.717) is 24.4 Å². The van der Waals surface area contributed by atoms with Crippen LogP contribution in [-0.2, 0) is 0 Å². The molecule has 0 spiro atoms. The summed E-state index contributed by atoms with van der Waals surface area (Å²) in [6.45, 7) is 3.52. The second-order valence-corrected chi connectivity index (χ2v) is 5.17. The minimum atomic E-state index is 0.485. The first-order valence-electron chi connectivity index (χ1n) is 7.14. The Morgan fingerprint density at radius 2 is 2.26 bits per heavy atom. The molecule has 0 saturated heterocycles. The third kappa shape index (κ3) is 3.35. The second-order valence-electron chi connectivity index (χ2n) is 5.17. The van der Waals surface area contributed by atoms with Gasteiger partial charge in [0.15, 0.2) is 0 Å². The summed E-state index contributed by atoms with van der Waals surface area (Å²) in [4.78, 5) is 10.7. The number of nitrogens with zero attached hydrogens (tertiary/aromatic N) is 3. The molecule has 5 nitrogen and oxygen atoms in total. The number of ether oxygens (including phenoxy) is 1. The van der Waals surface area contributed by atoms with E-state index in [1.54, 1.807) is 6.33 Å². The number of rotatable bonds is 6. The molecule has 1 fully saturated rings. The topological polar surface area (TPSA) is 64.3 Å². The highest BCUT2D eigenvalue weighted by molar-refractivity contribution is 5.41. The van der Waals surface area contributed by atoms with Crippen molar-refractivity contribution in [3.05, 3.63) is 12.4 Å². The van der Waals surface area contributed by atoms with Gasteiger partial charge in [0.25, 0.3) is 0 Å². The Labute approximate surface area is 115 Å². The van der Waals surface area contributed by atoms with E-state index in [9.17, 15) is 0 Å². The highest BCUT2D eigenvalue weighted by Gasteiger charge is 2.30. The summed E-state index contributed by atoms with van der Waals surface area (Å²) in [5.74, 6) is 2.15. The fourth-order valence-electron chi connectivity index (χ4n) is 2.78. The molecule has 0 aliphatic heterocycles. The van der Waals surface area contributed by atoms with Crippen molar-refractivity contribution in [2.24, 2.45) is 11.7 Å². The lowest BCUT2D eigenvalue weighted by Gasteiger charge is -2.30. The molecule has 1 aromatic heterocycles. The van der Waals surface area contributed by atoms with E-state index in [1.165, 1.54) is 19.3 Å². The molecular weight excluding hydrogens is 240 g/mol. The van der Waals surface area contributed by atoms with E-state index in [0.717, 1.165) is 18.8 Å². The molecule has 0 amide bonds. The van der Waals surface area contributed by atoms with Crippen molar-refractivity contribution in [2.75, 3.05) is 25.1 Å². The molecule has 1 aromatic rings. The van der Waals surface area contributed by atoms with Crippen LogP contribution in [0.25, 0.3) is 0 Å². The molecule has 0 aromatic carbocycles. The van der Waals surface area contributed by atoms with Crippen LogP contribution in [0.3, 0.4) is 0 Å². The van der Waals surface area contributed by atoms with E-state index in [2.05, 4.69) is 28.8 Å². The normalized spacial score (nSPS) is 22.5. The Morgan fingerprint density at radius 1 is 1.42 bits per heavy atom.